The lowest BCUT2D eigenvalue weighted by Gasteiger charge is -2.33. The van der Waals surface area contributed by atoms with Gasteiger partial charge in [0, 0.05) is 51.2 Å². The van der Waals surface area contributed by atoms with E-state index >= 15 is 0 Å². The van der Waals surface area contributed by atoms with Gasteiger partial charge in [-0.05, 0) is 48.4 Å². The Balaban J connectivity index is 0.00000363. The van der Waals surface area contributed by atoms with Gasteiger partial charge in [-0.15, -0.1) is 35.3 Å². The van der Waals surface area contributed by atoms with Crippen LogP contribution in [-0.2, 0) is 17.8 Å². The molecule has 2 heterocycles. The molecular weight excluding hydrogens is 540 g/mol. The van der Waals surface area contributed by atoms with E-state index in [1.165, 1.54) is 17.0 Å². The number of piperidine rings is 1. The molecule has 1 aliphatic rings. The van der Waals surface area contributed by atoms with E-state index in [0.717, 1.165) is 51.0 Å². The second-order valence-electron chi connectivity index (χ2n) is 8.03. The molecule has 0 radical (unpaired) electrons. The maximum absolute atomic E-state index is 13.1. The number of hydrogen-bond donors (Lipinski definition) is 2. The monoisotopic (exact) mass is 573 g/mol. The lowest BCUT2D eigenvalue weighted by molar-refractivity contribution is -0.127. The van der Waals surface area contributed by atoms with Crippen LogP contribution in [0.15, 0.2) is 46.8 Å². The maximum Gasteiger partial charge on any atom is 0.243 e. The standard InChI is InChI=1S/C23H32FN5OS.HI/c1-28(2)22(30)16-26-23(25-12-9-21-4-3-15-31-21)27-20-10-13-29(14-11-20)17-18-5-7-19(24)8-6-18;/h3-8,15,20H,9-14,16-17H2,1-2H3,(H2,25,26,27);1H. The van der Waals surface area contributed by atoms with Crippen LogP contribution in [-0.4, -0.2) is 68.0 Å². The number of guanidine groups is 1. The molecule has 9 heteroatoms. The Bertz CT molecular complexity index is 837. The first kappa shape index (κ1) is 26.5. The number of hydrogen-bond acceptors (Lipinski definition) is 4. The van der Waals surface area contributed by atoms with Crippen LogP contribution in [0.4, 0.5) is 4.39 Å². The summed E-state index contributed by atoms with van der Waals surface area (Å²) in [5, 5.41) is 8.98. The Morgan fingerprint density at radius 3 is 2.56 bits per heavy atom. The van der Waals surface area contributed by atoms with E-state index in [0.29, 0.717) is 12.0 Å². The molecule has 1 amide bonds. The molecule has 176 valence electrons. The fraction of sp³-hybridized carbons (Fsp3) is 0.478. The van der Waals surface area contributed by atoms with E-state index in [9.17, 15) is 9.18 Å². The van der Waals surface area contributed by atoms with Gasteiger partial charge in [-0.2, -0.15) is 0 Å². The molecule has 0 spiro atoms. The molecule has 3 rings (SSSR count). The number of likely N-dealkylation sites (N-methyl/N-ethyl adjacent to an activating group) is 1. The van der Waals surface area contributed by atoms with Crippen molar-refractivity contribution in [1.82, 2.24) is 20.4 Å². The van der Waals surface area contributed by atoms with Crippen molar-refractivity contribution < 1.29 is 9.18 Å². The highest BCUT2D eigenvalue weighted by Gasteiger charge is 2.20. The lowest BCUT2D eigenvalue weighted by atomic mass is 10.0. The average molecular weight is 574 g/mol. The molecule has 0 unspecified atom stereocenters. The molecule has 1 fully saturated rings. The smallest absolute Gasteiger partial charge is 0.243 e. The summed E-state index contributed by atoms with van der Waals surface area (Å²) in [5.41, 5.74) is 1.13. The van der Waals surface area contributed by atoms with Crippen LogP contribution in [0.1, 0.15) is 23.3 Å². The first-order chi connectivity index (χ1) is 15.0. The minimum atomic E-state index is -0.196. The van der Waals surface area contributed by atoms with Crippen molar-refractivity contribution in [3.05, 3.63) is 58.0 Å². The van der Waals surface area contributed by atoms with E-state index < -0.39 is 0 Å². The number of nitrogens with one attached hydrogen (secondary N) is 2. The molecule has 32 heavy (non-hydrogen) atoms. The molecule has 0 aliphatic carbocycles. The number of thiophene rings is 1. The molecule has 1 saturated heterocycles. The van der Waals surface area contributed by atoms with Gasteiger partial charge < -0.3 is 15.5 Å². The number of amides is 1. The Kier molecular flexibility index (Phi) is 11.4. The number of aliphatic imine (C=N–C) groups is 1. The van der Waals surface area contributed by atoms with Crippen LogP contribution >= 0.6 is 35.3 Å². The summed E-state index contributed by atoms with van der Waals surface area (Å²) in [5.74, 6) is 0.481. The van der Waals surface area contributed by atoms with E-state index in [-0.39, 0.29) is 42.2 Å². The summed E-state index contributed by atoms with van der Waals surface area (Å²) in [7, 11) is 3.48. The molecule has 1 aromatic carbocycles. The first-order valence-corrected chi connectivity index (χ1v) is 11.6. The van der Waals surface area contributed by atoms with E-state index in [1.54, 1.807) is 30.3 Å². The molecule has 6 nitrogen and oxygen atoms in total. The summed E-state index contributed by atoms with van der Waals surface area (Å²) in [6, 6.07) is 11.2. The Morgan fingerprint density at radius 2 is 1.94 bits per heavy atom. The van der Waals surface area contributed by atoms with Crippen molar-refractivity contribution in [3.63, 3.8) is 0 Å². The van der Waals surface area contributed by atoms with Crippen LogP contribution in [0, 0.1) is 5.82 Å². The molecule has 1 aromatic heterocycles. The second kappa shape index (κ2) is 13.7. The first-order valence-electron chi connectivity index (χ1n) is 10.7. The highest BCUT2D eigenvalue weighted by molar-refractivity contribution is 14.0. The van der Waals surface area contributed by atoms with Crippen LogP contribution in [0.3, 0.4) is 0 Å². The van der Waals surface area contributed by atoms with E-state index in [1.807, 2.05) is 12.1 Å². The third-order valence-electron chi connectivity index (χ3n) is 5.36. The number of carbonyl (C=O) groups excluding carboxylic acids is 1. The van der Waals surface area contributed by atoms with Crippen molar-refractivity contribution in [1.29, 1.82) is 0 Å². The maximum atomic E-state index is 13.1. The molecule has 2 N–H and O–H groups in total. The molecule has 0 saturated carbocycles. The molecule has 1 aliphatic heterocycles. The third kappa shape index (κ3) is 9.03. The van der Waals surface area contributed by atoms with Gasteiger partial charge in [-0.3, -0.25) is 9.69 Å². The highest BCUT2D eigenvalue weighted by atomic mass is 127. The fourth-order valence-corrected chi connectivity index (χ4v) is 4.19. The summed E-state index contributed by atoms with van der Waals surface area (Å²) >= 11 is 1.75. The number of nitrogens with zero attached hydrogens (tertiary/aromatic N) is 3. The Morgan fingerprint density at radius 1 is 1.22 bits per heavy atom. The number of benzene rings is 1. The number of carbonyl (C=O) groups is 1. The number of likely N-dealkylation sites (tertiary alicyclic amines) is 1. The van der Waals surface area contributed by atoms with Crippen molar-refractivity contribution in [3.8, 4) is 0 Å². The number of rotatable bonds is 8. The zero-order valence-corrected chi connectivity index (χ0v) is 21.9. The van der Waals surface area contributed by atoms with Crippen molar-refractivity contribution in [2.45, 2.75) is 31.8 Å². The summed E-state index contributed by atoms with van der Waals surface area (Å²) in [6.07, 6.45) is 2.92. The average Bonchev–Trinajstić information content (AvgIpc) is 3.28. The quantitative estimate of drug-likeness (QED) is 0.289. The van der Waals surface area contributed by atoms with Gasteiger partial charge in [0.05, 0.1) is 0 Å². The van der Waals surface area contributed by atoms with Crippen LogP contribution in [0.2, 0.25) is 0 Å². The van der Waals surface area contributed by atoms with Crippen LogP contribution in [0.5, 0.6) is 0 Å². The predicted molar refractivity (Wildman–Crippen MR) is 140 cm³/mol. The normalized spacial score (nSPS) is 15.2. The van der Waals surface area contributed by atoms with Gasteiger partial charge >= 0.3 is 0 Å². The summed E-state index contributed by atoms with van der Waals surface area (Å²) in [4.78, 5) is 21.8. The Hall–Kier alpha value is -1.72. The SMILES string of the molecule is CN(C)C(=O)CN=C(NCCc1cccs1)NC1CCN(Cc2ccc(F)cc2)CC1.I. The second-order valence-corrected chi connectivity index (χ2v) is 9.06. The van der Waals surface area contributed by atoms with Gasteiger partial charge in [0.1, 0.15) is 12.4 Å². The van der Waals surface area contributed by atoms with Crippen LogP contribution < -0.4 is 10.6 Å². The van der Waals surface area contributed by atoms with E-state index in [2.05, 4.69) is 38.0 Å². The van der Waals surface area contributed by atoms with Gasteiger partial charge in [0.25, 0.3) is 0 Å². The highest BCUT2D eigenvalue weighted by Crippen LogP contribution is 2.14. The van der Waals surface area contributed by atoms with Crippen molar-refractivity contribution in [2.24, 2.45) is 4.99 Å². The summed E-state index contributed by atoms with van der Waals surface area (Å²) in [6.45, 7) is 3.67. The topological polar surface area (TPSA) is 60.0 Å². The molecule has 0 bridgehead atoms. The summed E-state index contributed by atoms with van der Waals surface area (Å²) < 4.78 is 13.1. The van der Waals surface area contributed by atoms with Crippen LogP contribution in [0.25, 0.3) is 0 Å². The van der Waals surface area contributed by atoms with Gasteiger partial charge in [-0.25, -0.2) is 9.38 Å². The minimum Gasteiger partial charge on any atom is -0.356 e. The largest absolute Gasteiger partial charge is 0.356 e. The number of halogens is 2. The predicted octanol–water partition coefficient (Wildman–Crippen LogP) is 3.34. The zero-order valence-electron chi connectivity index (χ0n) is 18.7. The van der Waals surface area contributed by atoms with Crippen molar-refractivity contribution in [2.75, 3.05) is 40.3 Å². The van der Waals surface area contributed by atoms with E-state index in [4.69, 9.17) is 0 Å². The van der Waals surface area contributed by atoms with Crippen molar-refractivity contribution >= 4 is 47.2 Å². The Labute approximate surface area is 211 Å². The minimum absolute atomic E-state index is 0. The fourth-order valence-electron chi connectivity index (χ4n) is 3.48. The third-order valence-corrected chi connectivity index (χ3v) is 6.30. The zero-order chi connectivity index (χ0) is 22.1. The molecule has 0 atom stereocenters. The van der Waals surface area contributed by atoms with Gasteiger partial charge in [-0.1, -0.05) is 18.2 Å². The molecular formula is C23H33FIN5OS. The lowest BCUT2D eigenvalue weighted by Crippen LogP contribution is -2.49. The molecule has 2 aromatic rings. The van der Waals surface area contributed by atoms with Gasteiger partial charge in [0.2, 0.25) is 5.91 Å². The van der Waals surface area contributed by atoms with Gasteiger partial charge in [0.15, 0.2) is 5.96 Å².